The Bertz CT molecular complexity index is 601. The predicted molar refractivity (Wildman–Crippen MR) is 72.1 cm³/mol. The molecule has 0 bridgehead atoms. The van der Waals surface area contributed by atoms with Crippen molar-refractivity contribution in [3.05, 3.63) is 30.1 Å². The summed E-state index contributed by atoms with van der Waals surface area (Å²) in [6.07, 6.45) is 1.24. The number of imidazole rings is 1. The Morgan fingerprint density at radius 2 is 2.11 bits per heavy atom. The van der Waals surface area contributed by atoms with Gasteiger partial charge in [0.1, 0.15) is 15.7 Å². The number of hydrogen-bond donors (Lipinski definition) is 2. The molecule has 0 fully saturated rings. The van der Waals surface area contributed by atoms with E-state index in [0.29, 0.717) is 6.54 Å². The molecule has 0 spiro atoms. The van der Waals surface area contributed by atoms with Crippen molar-refractivity contribution in [2.24, 2.45) is 0 Å². The van der Waals surface area contributed by atoms with E-state index in [-0.39, 0.29) is 11.8 Å². The second kappa shape index (κ2) is 5.07. The Hall–Kier alpha value is -1.40. The number of H-pyrrole nitrogens is 1. The summed E-state index contributed by atoms with van der Waals surface area (Å²) in [5.74, 6) is 0.948. The van der Waals surface area contributed by atoms with E-state index in [1.165, 1.54) is 6.26 Å². The lowest BCUT2D eigenvalue weighted by atomic mass is 10.3. The molecule has 6 heteroatoms. The van der Waals surface area contributed by atoms with Gasteiger partial charge in [-0.25, -0.2) is 13.4 Å². The summed E-state index contributed by atoms with van der Waals surface area (Å²) in [4.78, 5) is 7.60. The summed E-state index contributed by atoms with van der Waals surface area (Å²) in [6.45, 7) is 2.38. The van der Waals surface area contributed by atoms with Gasteiger partial charge in [-0.15, -0.1) is 0 Å². The summed E-state index contributed by atoms with van der Waals surface area (Å²) in [6, 6.07) is 7.70. The number of fused-ring (bicyclic) bond motifs is 1. The highest BCUT2D eigenvalue weighted by Gasteiger charge is 2.10. The van der Waals surface area contributed by atoms with Gasteiger partial charge in [-0.1, -0.05) is 12.1 Å². The summed E-state index contributed by atoms with van der Waals surface area (Å²) in [5.41, 5.74) is 1.91. The number of para-hydroxylation sites is 2. The van der Waals surface area contributed by atoms with Gasteiger partial charge in [0.05, 0.1) is 23.3 Å². The summed E-state index contributed by atoms with van der Waals surface area (Å²) >= 11 is 0. The number of nitrogens with one attached hydrogen (secondary N) is 2. The molecule has 0 aliphatic heterocycles. The number of aromatic amines is 1. The van der Waals surface area contributed by atoms with Gasteiger partial charge in [-0.2, -0.15) is 0 Å². The zero-order valence-corrected chi connectivity index (χ0v) is 11.3. The third-order valence-electron chi connectivity index (χ3n) is 2.61. The fourth-order valence-electron chi connectivity index (χ4n) is 1.87. The SMILES string of the molecule is CC(CS(C)(=O)=O)NCc1nc2ccccc2[nH]1. The van der Waals surface area contributed by atoms with Gasteiger partial charge in [0.25, 0.3) is 0 Å². The zero-order valence-electron chi connectivity index (χ0n) is 10.5. The Kier molecular flexibility index (Phi) is 3.68. The number of hydrogen-bond acceptors (Lipinski definition) is 4. The molecular weight excluding hydrogens is 250 g/mol. The lowest BCUT2D eigenvalue weighted by molar-refractivity contribution is 0.553. The molecule has 0 aliphatic rings. The summed E-state index contributed by atoms with van der Waals surface area (Å²) in [7, 11) is -2.95. The molecule has 2 rings (SSSR count). The van der Waals surface area contributed by atoms with E-state index in [1.807, 2.05) is 31.2 Å². The number of sulfone groups is 1. The van der Waals surface area contributed by atoms with Crippen molar-refractivity contribution in [3.8, 4) is 0 Å². The van der Waals surface area contributed by atoms with Crippen LogP contribution in [0, 0.1) is 0 Å². The third-order valence-corrected chi connectivity index (χ3v) is 3.71. The number of aromatic nitrogens is 2. The lowest BCUT2D eigenvalue weighted by Crippen LogP contribution is -2.32. The normalized spacial score (nSPS) is 13.9. The second-order valence-corrected chi connectivity index (χ2v) is 6.76. The van der Waals surface area contributed by atoms with Crippen LogP contribution in [-0.4, -0.2) is 36.4 Å². The average molecular weight is 267 g/mol. The molecule has 0 radical (unpaired) electrons. The topological polar surface area (TPSA) is 74.8 Å². The molecule has 1 aromatic heterocycles. The highest BCUT2D eigenvalue weighted by Crippen LogP contribution is 2.10. The van der Waals surface area contributed by atoms with Crippen molar-refractivity contribution in [1.29, 1.82) is 0 Å². The molecule has 1 aromatic carbocycles. The highest BCUT2D eigenvalue weighted by molar-refractivity contribution is 7.90. The van der Waals surface area contributed by atoms with Gasteiger partial charge in [0.2, 0.25) is 0 Å². The van der Waals surface area contributed by atoms with Crippen LogP contribution in [0.2, 0.25) is 0 Å². The molecule has 0 saturated heterocycles. The number of rotatable bonds is 5. The maximum atomic E-state index is 11.1. The molecule has 1 atom stereocenters. The van der Waals surface area contributed by atoms with Gasteiger partial charge in [-0.3, -0.25) is 0 Å². The van der Waals surface area contributed by atoms with Crippen LogP contribution in [0.3, 0.4) is 0 Å². The first kappa shape index (κ1) is 13.0. The Morgan fingerprint density at radius 3 is 2.78 bits per heavy atom. The first-order valence-corrected chi connectivity index (χ1v) is 7.85. The summed E-state index contributed by atoms with van der Waals surface area (Å²) < 4.78 is 22.3. The Balaban J connectivity index is 1.98. The van der Waals surface area contributed by atoms with Crippen LogP contribution in [0.1, 0.15) is 12.7 Å². The summed E-state index contributed by atoms with van der Waals surface area (Å²) in [5, 5.41) is 3.14. The zero-order chi connectivity index (χ0) is 13.2. The number of nitrogens with zero attached hydrogens (tertiary/aromatic N) is 1. The van der Waals surface area contributed by atoms with Crippen molar-refractivity contribution in [3.63, 3.8) is 0 Å². The minimum Gasteiger partial charge on any atom is -0.341 e. The molecule has 5 nitrogen and oxygen atoms in total. The molecular formula is C12H17N3O2S. The van der Waals surface area contributed by atoms with Crippen LogP contribution in [-0.2, 0) is 16.4 Å². The molecule has 98 valence electrons. The van der Waals surface area contributed by atoms with E-state index in [4.69, 9.17) is 0 Å². The van der Waals surface area contributed by atoms with Crippen LogP contribution in [0.25, 0.3) is 11.0 Å². The highest BCUT2D eigenvalue weighted by atomic mass is 32.2. The lowest BCUT2D eigenvalue weighted by Gasteiger charge is -2.10. The van der Waals surface area contributed by atoms with Crippen LogP contribution in [0.4, 0.5) is 0 Å². The fraction of sp³-hybridized carbons (Fsp3) is 0.417. The van der Waals surface area contributed by atoms with Crippen molar-refractivity contribution in [1.82, 2.24) is 15.3 Å². The van der Waals surface area contributed by atoms with Crippen LogP contribution >= 0.6 is 0 Å². The fourth-order valence-corrected chi connectivity index (χ4v) is 2.90. The first-order chi connectivity index (χ1) is 8.44. The standard InChI is InChI=1S/C12H17N3O2S/c1-9(8-18(2,16)17)13-7-12-14-10-5-3-4-6-11(10)15-12/h3-6,9,13H,7-8H2,1-2H3,(H,14,15). The van der Waals surface area contributed by atoms with E-state index in [0.717, 1.165) is 16.9 Å². The molecule has 2 N–H and O–H groups in total. The maximum Gasteiger partial charge on any atom is 0.148 e. The Labute approximate surface area is 107 Å². The minimum absolute atomic E-state index is 0.0896. The van der Waals surface area contributed by atoms with Gasteiger partial charge in [-0.05, 0) is 19.1 Å². The van der Waals surface area contributed by atoms with Gasteiger partial charge < -0.3 is 10.3 Å². The van der Waals surface area contributed by atoms with Gasteiger partial charge in [0, 0.05) is 12.3 Å². The van der Waals surface area contributed by atoms with Crippen molar-refractivity contribution in [2.45, 2.75) is 19.5 Å². The third kappa shape index (κ3) is 3.54. The van der Waals surface area contributed by atoms with Crippen LogP contribution < -0.4 is 5.32 Å². The molecule has 0 amide bonds. The monoisotopic (exact) mass is 267 g/mol. The molecule has 2 aromatic rings. The van der Waals surface area contributed by atoms with E-state index in [2.05, 4.69) is 15.3 Å². The largest absolute Gasteiger partial charge is 0.341 e. The molecule has 18 heavy (non-hydrogen) atoms. The first-order valence-electron chi connectivity index (χ1n) is 5.79. The van der Waals surface area contributed by atoms with Crippen molar-refractivity contribution < 1.29 is 8.42 Å². The van der Waals surface area contributed by atoms with Gasteiger partial charge in [0.15, 0.2) is 0 Å². The number of benzene rings is 1. The van der Waals surface area contributed by atoms with E-state index in [1.54, 1.807) is 0 Å². The second-order valence-electron chi connectivity index (χ2n) is 4.58. The molecule has 1 unspecified atom stereocenters. The van der Waals surface area contributed by atoms with E-state index >= 15 is 0 Å². The van der Waals surface area contributed by atoms with Crippen molar-refractivity contribution >= 4 is 20.9 Å². The molecule has 0 saturated carbocycles. The van der Waals surface area contributed by atoms with Crippen LogP contribution in [0.15, 0.2) is 24.3 Å². The van der Waals surface area contributed by atoms with Gasteiger partial charge >= 0.3 is 0 Å². The quantitative estimate of drug-likeness (QED) is 0.850. The molecule has 0 aliphatic carbocycles. The maximum absolute atomic E-state index is 11.1. The smallest absolute Gasteiger partial charge is 0.148 e. The predicted octanol–water partition coefficient (Wildman–Crippen LogP) is 1.09. The minimum atomic E-state index is -2.95. The van der Waals surface area contributed by atoms with Crippen LogP contribution in [0.5, 0.6) is 0 Å². The Morgan fingerprint density at radius 1 is 1.39 bits per heavy atom. The van der Waals surface area contributed by atoms with E-state index < -0.39 is 9.84 Å². The molecule has 1 heterocycles. The average Bonchev–Trinajstić information content (AvgIpc) is 2.66. The van der Waals surface area contributed by atoms with E-state index in [9.17, 15) is 8.42 Å². The van der Waals surface area contributed by atoms with Crippen molar-refractivity contribution in [2.75, 3.05) is 12.0 Å².